The van der Waals surface area contributed by atoms with Gasteiger partial charge in [-0.15, -0.1) is 0 Å². The summed E-state index contributed by atoms with van der Waals surface area (Å²) in [5.74, 6) is -3.04. The monoisotopic (exact) mass is 240 g/mol. The fraction of sp³-hybridized carbons (Fsp3) is 0.583. The molecule has 0 unspecified atom stereocenters. The summed E-state index contributed by atoms with van der Waals surface area (Å²) in [4.78, 5) is 34.7. The van der Waals surface area contributed by atoms with Crippen molar-refractivity contribution >= 4 is 17.5 Å². The molecule has 0 radical (unpaired) electrons. The molecule has 0 spiro atoms. The number of esters is 1. The number of rotatable bonds is 2. The lowest BCUT2D eigenvalue weighted by Crippen LogP contribution is -2.41. The van der Waals surface area contributed by atoms with Crippen LogP contribution in [0.3, 0.4) is 0 Å². The Bertz CT molecular complexity index is 417. The van der Waals surface area contributed by atoms with Crippen LogP contribution in [0, 0.1) is 11.3 Å². The molecule has 1 aliphatic carbocycles. The van der Waals surface area contributed by atoms with Crippen LogP contribution in [0.25, 0.3) is 0 Å². The number of hydrogen-bond acceptors (Lipinski definition) is 5. The van der Waals surface area contributed by atoms with Gasteiger partial charge in [0.1, 0.15) is 11.7 Å². The number of carbonyl (C=O) groups is 3. The molecule has 1 aliphatic rings. The van der Waals surface area contributed by atoms with Gasteiger partial charge in [-0.05, 0) is 12.3 Å². The Balaban J connectivity index is 3.37. The highest BCUT2D eigenvalue weighted by atomic mass is 16.5. The summed E-state index contributed by atoms with van der Waals surface area (Å²) in [6, 6.07) is 0. The largest absolute Gasteiger partial charge is 0.510 e. The lowest BCUT2D eigenvalue weighted by Gasteiger charge is -2.35. The minimum atomic E-state index is -0.968. The van der Waals surface area contributed by atoms with Crippen molar-refractivity contribution in [3.8, 4) is 0 Å². The molecular formula is C12H16O5. The zero-order valence-corrected chi connectivity index (χ0v) is 10.4. The molecule has 0 aromatic rings. The molecule has 1 N–H and O–H groups in total. The molecule has 1 atom stereocenters. The topological polar surface area (TPSA) is 80.7 Å². The molecule has 0 aromatic carbocycles. The van der Waals surface area contributed by atoms with E-state index >= 15 is 0 Å². The molecule has 0 aliphatic heterocycles. The number of ketones is 2. The number of Topliss-reactive ketones (excluding diaryl/α,β-unsaturated/α-hetero) is 2. The zero-order valence-electron chi connectivity index (χ0n) is 10.4. The fourth-order valence-corrected chi connectivity index (χ4v) is 2.19. The Morgan fingerprint density at radius 1 is 1.41 bits per heavy atom. The summed E-state index contributed by atoms with van der Waals surface area (Å²) < 4.78 is 4.60. The molecule has 0 aromatic heterocycles. The van der Waals surface area contributed by atoms with Gasteiger partial charge in [0.15, 0.2) is 11.6 Å². The van der Waals surface area contributed by atoms with E-state index in [-0.39, 0.29) is 12.0 Å². The second-order valence-electron chi connectivity index (χ2n) is 4.86. The molecule has 5 nitrogen and oxygen atoms in total. The zero-order chi connectivity index (χ0) is 13.4. The van der Waals surface area contributed by atoms with Crippen LogP contribution in [-0.2, 0) is 19.1 Å². The van der Waals surface area contributed by atoms with E-state index in [9.17, 15) is 19.5 Å². The smallest absolute Gasteiger partial charge is 0.316 e. The summed E-state index contributed by atoms with van der Waals surface area (Å²) in [5, 5.41) is 9.94. The fourth-order valence-electron chi connectivity index (χ4n) is 2.19. The predicted molar refractivity (Wildman–Crippen MR) is 59.2 cm³/mol. The maximum atomic E-state index is 11.7. The number of carbonyl (C=O) groups excluding carboxylic acids is 3. The number of aliphatic hydroxyl groups is 1. The summed E-state index contributed by atoms with van der Waals surface area (Å²) in [5.41, 5.74) is -1.03. The van der Waals surface area contributed by atoms with Gasteiger partial charge in [0.25, 0.3) is 0 Å². The lowest BCUT2D eigenvalue weighted by molar-refractivity contribution is -0.150. The Morgan fingerprint density at radius 2 is 1.94 bits per heavy atom. The normalized spacial score (nSPS) is 23.5. The van der Waals surface area contributed by atoms with Crippen LogP contribution in [-0.4, -0.2) is 29.8 Å². The minimum absolute atomic E-state index is 0.0335. The standard InChI is InChI=1S/C12H16O5/c1-6(13)8-7(14)5-12(2,3)9(10(8)15)11(16)17-4/h9,15H,5H2,1-4H3/t9-/m1/s1. The Labute approximate surface area is 99.5 Å². The summed E-state index contributed by atoms with van der Waals surface area (Å²) >= 11 is 0. The van der Waals surface area contributed by atoms with Gasteiger partial charge >= 0.3 is 5.97 Å². The van der Waals surface area contributed by atoms with Crippen molar-refractivity contribution in [3.63, 3.8) is 0 Å². The van der Waals surface area contributed by atoms with E-state index in [0.29, 0.717) is 0 Å². The van der Waals surface area contributed by atoms with E-state index in [1.165, 1.54) is 14.0 Å². The number of aliphatic hydroxyl groups excluding tert-OH is 1. The highest BCUT2D eigenvalue weighted by Crippen LogP contribution is 2.42. The second kappa shape index (κ2) is 4.31. The van der Waals surface area contributed by atoms with E-state index in [4.69, 9.17) is 0 Å². The summed E-state index contributed by atoms with van der Waals surface area (Å²) in [6.45, 7) is 4.55. The van der Waals surface area contributed by atoms with Crippen LogP contribution in [0.15, 0.2) is 11.3 Å². The van der Waals surface area contributed by atoms with E-state index in [2.05, 4.69) is 4.74 Å². The van der Waals surface area contributed by atoms with Crippen molar-refractivity contribution in [1.82, 2.24) is 0 Å². The number of allylic oxidation sites excluding steroid dienone is 1. The highest BCUT2D eigenvalue weighted by molar-refractivity contribution is 6.21. The molecule has 5 heteroatoms. The second-order valence-corrected chi connectivity index (χ2v) is 4.86. The lowest BCUT2D eigenvalue weighted by atomic mass is 9.68. The van der Waals surface area contributed by atoms with Crippen LogP contribution in [0.2, 0.25) is 0 Å². The van der Waals surface area contributed by atoms with Crippen LogP contribution < -0.4 is 0 Å². The third-order valence-corrected chi connectivity index (χ3v) is 3.00. The SMILES string of the molecule is COC(=O)[C@H]1C(O)=C(C(C)=O)C(=O)CC1(C)C. The van der Waals surface area contributed by atoms with E-state index in [1.807, 2.05) is 0 Å². The average Bonchev–Trinajstić information content (AvgIpc) is 2.13. The molecule has 1 rings (SSSR count). The maximum Gasteiger partial charge on any atom is 0.316 e. The molecule has 0 fully saturated rings. The first-order valence-corrected chi connectivity index (χ1v) is 5.27. The Hall–Kier alpha value is -1.65. The molecule has 0 saturated carbocycles. The van der Waals surface area contributed by atoms with Gasteiger partial charge in [-0.25, -0.2) is 0 Å². The first-order valence-electron chi connectivity index (χ1n) is 5.27. The van der Waals surface area contributed by atoms with Crippen LogP contribution >= 0.6 is 0 Å². The van der Waals surface area contributed by atoms with Gasteiger partial charge in [0.05, 0.1) is 12.7 Å². The van der Waals surface area contributed by atoms with Gasteiger partial charge < -0.3 is 9.84 Å². The summed E-state index contributed by atoms with van der Waals surface area (Å²) in [7, 11) is 1.20. The first-order chi connectivity index (χ1) is 7.72. The van der Waals surface area contributed by atoms with Gasteiger partial charge in [0, 0.05) is 6.42 Å². The number of methoxy groups -OCH3 is 1. The predicted octanol–water partition coefficient (Wildman–Crippen LogP) is 1.18. The average molecular weight is 240 g/mol. The van der Waals surface area contributed by atoms with Crippen molar-refractivity contribution in [2.45, 2.75) is 27.2 Å². The first kappa shape index (κ1) is 13.4. The third-order valence-electron chi connectivity index (χ3n) is 3.00. The van der Waals surface area contributed by atoms with Crippen molar-refractivity contribution in [2.24, 2.45) is 11.3 Å². The van der Waals surface area contributed by atoms with Crippen LogP contribution in [0.4, 0.5) is 0 Å². The molecule has 17 heavy (non-hydrogen) atoms. The van der Waals surface area contributed by atoms with Crippen molar-refractivity contribution < 1.29 is 24.2 Å². The van der Waals surface area contributed by atoms with Gasteiger partial charge in [-0.2, -0.15) is 0 Å². The van der Waals surface area contributed by atoms with Gasteiger partial charge in [-0.1, -0.05) is 13.8 Å². The third kappa shape index (κ3) is 2.23. The Kier molecular flexibility index (Phi) is 3.40. The molecule has 0 bridgehead atoms. The van der Waals surface area contributed by atoms with E-state index in [1.54, 1.807) is 13.8 Å². The van der Waals surface area contributed by atoms with Crippen LogP contribution in [0.5, 0.6) is 0 Å². The molecule has 94 valence electrons. The van der Waals surface area contributed by atoms with Crippen LogP contribution in [0.1, 0.15) is 27.2 Å². The molecule has 0 heterocycles. The Morgan fingerprint density at radius 3 is 2.35 bits per heavy atom. The number of ether oxygens (including phenoxy) is 1. The molecular weight excluding hydrogens is 224 g/mol. The van der Waals surface area contributed by atoms with E-state index in [0.717, 1.165) is 0 Å². The van der Waals surface area contributed by atoms with Gasteiger partial charge in [-0.3, -0.25) is 14.4 Å². The van der Waals surface area contributed by atoms with Crippen molar-refractivity contribution in [2.75, 3.05) is 7.11 Å². The molecule has 0 saturated heterocycles. The van der Waals surface area contributed by atoms with E-state index < -0.39 is 34.6 Å². The molecule has 0 amide bonds. The van der Waals surface area contributed by atoms with Crippen molar-refractivity contribution in [3.05, 3.63) is 11.3 Å². The van der Waals surface area contributed by atoms with Gasteiger partial charge in [0.2, 0.25) is 0 Å². The number of hydrogen-bond donors (Lipinski definition) is 1. The van der Waals surface area contributed by atoms with Crippen molar-refractivity contribution in [1.29, 1.82) is 0 Å². The quantitative estimate of drug-likeness (QED) is 0.579. The highest BCUT2D eigenvalue weighted by Gasteiger charge is 2.47. The maximum absolute atomic E-state index is 11.7. The minimum Gasteiger partial charge on any atom is -0.510 e. The summed E-state index contributed by atoms with van der Waals surface area (Å²) in [6.07, 6.45) is 0.0335.